The van der Waals surface area contributed by atoms with Gasteiger partial charge in [0.05, 0.1) is 22.3 Å². The summed E-state index contributed by atoms with van der Waals surface area (Å²) in [6.45, 7) is 1.47. The van der Waals surface area contributed by atoms with E-state index in [-0.39, 0.29) is 33.7 Å². The van der Waals surface area contributed by atoms with Crippen LogP contribution in [0.1, 0.15) is 12.5 Å². The first kappa shape index (κ1) is 23.8. The highest BCUT2D eigenvalue weighted by Gasteiger charge is 2.36. The van der Waals surface area contributed by atoms with Crippen LogP contribution in [0.25, 0.3) is 6.08 Å². The molecule has 1 saturated heterocycles. The maximum Gasteiger partial charge on any atom is 0.344 e. The van der Waals surface area contributed by atoms with E-state index in [1.54, 1.807) is 31.2 Å². The van der Waals surface area contributed by atoms with Gasteiger partial charge in [-0.3, -0.25) is 14.9 Å². The Morgan fingerprint density at radius 3 is 2.34 bits per heavy atom. The molecule has 32 heavy (non-hydrogen) atoms. The number of amides is 4. The lowest BCUT2D eigenvalue weighted by molar-refractivity contribution is -0.145. The van der Waals surface area contributed by atoms with Gasteiger partial charge in [-0.2, -0.15) is 0 Å². The van der Waals surface area contributed by atoms with E-state index >= 15 is 0 Å². The van der Waals surface area contributed by atoms with Crippen LogP contribution in [-0.2, 0) is 19.1 Å². The fourth-order valence-corrected chi connectivity index (χ4v) is 3.66. The van der Waals surface area contributed by atoms with E-state index in [0.29, 0.717) is 5.56 Å². The van der Waals surface area contributed by atoms with Gasteiger partial charge in [0.25, 0.3) is 11.8 Å². The minimum Gasteiger partial charge on any atom is -0.479 e. The molecule has 8 nitrogen and oxygen atoms in total. The summed E-state index contributed by atoms with van der Waals surface area (Å²) in [6.07, 6.45) is 1.25. The molecule has 1 aliphatic rings. The highest BCUT2D eigenvalue weighted by Crippen LogP contribution is 2.35. The van der Waals surface area contributed by atoms with Gasteiger partial charge in [0.1, 0.15) is 5.57 Å². The van der Waals surface area contributed by atoms with Gasteiger partial charge >= 0.3 is 12.0 Å². The molecular weight excluding hydrogens is 527 g/mol. The van der Waals surface area contributed by atoms with E-state index in [1.807, 2.05) is 0 Å². The van der Waals surface area contributed by atoms with Crippen molar-refractivity contribution in [2.24, 2.45) is 0 Å². The molecule has 0 unspecified atom stereocenters. The number of ether oxygens (including phenoxy) is 2. The Labute approximate surface area is 201 Å². The highest BCUT2D eigenvalue weighted by molar-refractivity contribution is 9.10. The number of barbiturate groups is 1. The Morgan fingerprint density at radius 2 is 1.75 bits per heavy atom. The van der Waals surface area contributed by atoms with Gasteiger partial charge in [-0.1, -0.05) is 39.1 Å². The van der Waals surface area contributed by atoms with Crippen LogP contribution >= 0.6 is 39.1 Å². The van der Waals surface area contributed by atoms with E-state index in [4.69, 9.17) is 32.7 Å². The number of hydrogen-bond donors (Lipinski definition) is 1. The van der Waals surface area contributed by atoms with Crippen LogP contribution in [-0.4, -0.2) is 37.0 Å². The number of hydrogen-bond acceptors (Lipinski definition) is 6. The molecule has 1 aliphatic heterocycles. The molecule has 2 aromatic rings. The third-order valence-electron chi connectivity index (χ3n) is 4.16. The molecule has 1 N–H and O–H groups in total. The van der Waals surface area contributed by atoms with Crippen molar-refractivity contribution in [2.45, 2.75) is 6.92 Å². The number of benzene rings is 2. The largest absolute Gasteiger partial charge is 0.479 e. The normalized spacial score (nSPS) is 15.1. The standard InChI is InChI=1S/C21H15BrCl2N2O6/c1-2-31-17(27)10-32-18-15(23)8-11(9-16(18)24)7-14-19(28)25-21(30)26(20(14)29)13-5-3-12(22)4-6-13/h3-9H,2,10H2,1H3,(H,25,28,30)/b14-7-. The summed E-state index contributed by atoms with van der Waals surface area (Å²) >= 11 is 15.7. The van der Waals surface area contributed by atoms with E-state index in [0.717, 1.165) is 9.37 Å². The average Bonchev–Trinajstić information content (AvgIpc) is 2.72. The number of carbonyl (C=O) groups excluding carboxylic acids is 4. The lowest BCUT2D eigenvalue weighted by Gasteiger charge is -2.26. The predicted octanol–water partition coefficient (Wildman–Crippen LogP) is 4.36. The van der Waals surface area contributed by atoms with Gasteiger partial charge < -0.3 is 9.47 Å². The summed E-state index contributed by atoms with van der Waals surface area (Å²) in [6, 6.07) is 8.37. The Bertz CT molecular complexity index is 1110. The first-order chi connectivity index (χ1) is 15.2. The second-order valence-electron chi connectivity index (χ2n) is 6.34. The Kier molecular flexibility index (Phi) is 7.55. The quantitative estimate of drug-likeness (QED) is 0.331. The second-order valence-corrected chi connectivity index (χ2v) is 8.07. The molecule has 0 bridgehead atoms. The zero-order chi connectivity index (χ0) is 23.4. The van der Waals surface area contributed by atoms with Crippen molar-refractivity contribution in [2.75, 3.05) is 18.1 Å². The van der Waals surface area contributed by atoms with Gasteiger partial charge in [0.15, 0.2) is 12.4 Å². The highest BCUT2D eigenvalue weighted by atomic mass is 79.9. The maximum atomic E-state index is 12.9. The SMILES string of the molecule is CCOC(=O)COc1c(Cl)cc(/C=C2/C(=O)NC(=O)N(c3ccc(Br)cc3)C2=O)cc1Cl. The molecule has 0 atom stereocenters. The fraction of sp³-hybridized carbons (Fsp3) is 0.143. The van der Waals surface area contributed by atoms with Crippen LogP contribution in [0.3, 0.4) is 0 Å². The molecule has 2 aromatic carbocycles. The number of carbonyl (C=O) groups is 4. The minimum atomic E-state index is -0.863. The summed E-state index contributed by atoms with van der Waals surface area (Å²) < 4.78 is 10.8. The van der Waals surface area contributed by atoms with Gasteiger partial charge in [0, 0.05) is 4.47 Å². The molecule has 4 amide bonds. The Morgan fingerprint density at radius 1 is 1.12 bits per heavy atom. The zero-order valence-electron chi connectivity index (χ0n) is 16.5. The number of nitrogens with zero attached hydrogens (tertiary/aromatic N) is 1. The van der Waals surface area contributed by atoms with E-state index < -0.39 is 30.4 Å². The van der Waals surface area contributed by atoms with Crippen LogP contribution in [0, 0.1) is 0 Å². The van der Waals surface area contributed by atoms with E-state index in [1.165, 1.54) is 18.2 Å². The van der Waals surface area contributed by atoms with Crippen molar-refractivity contribution < 1.29 is 28.7 Å². The number of anilines is 1. The van der Waals surface area contributed by atoms with Crippen LogP contribution in [0.2, 0.25) is 10.0 Å². The van der Waals surface area contributed by atoms with Crippen LogP contribution < -0.4 is 15.0 Å². The Balaban J connectivity index is 1.89. The van der Waals surface area contributed by atoms with Crippen LogP contribution in [0.5, 0.6) is 5.75 Å². The van der Waals surface area contributed by atoms with Gasteiger partial charge in [0.2, 0.25) is 0 Å². The molecule has 0 spiro atoms. The van der Waals surface area contributed by atoms with E-state index in [2.05, 4.69) is 21.2 Å². The molecular formula is C21H15BrCl2N2O6. The van der Waals surface area contributed by atoms with Crippen molar-refractivity contribution in [3.63, 3.8) is 0 Å². The average molecular weight is 542 g/mol. The summed E-state index contributed by atoms with van der Waals surface area (Å²) in [5.74, 6) is -2.21. The van der Waals surface area contributed by atoms with Crippen molar-refractivity contribution in [3.05, 3.63) is 62.1 Å². The Hall–Kier alpha value is -2.88. The monoisotopic (exact) mass is 540 g/mol. The number of esters is 1. The number of rotatable bonds is 6. The van der Waals surface area contributed by atoms with Crippen molar-refractivity contribution in [1.82, 2.24) is 5.32 Å². The second kappa shape index (κ2) is 10.2. The minimum absolute atomic E-state index is 0.0506. The topological polar surface area (TPSA) is 102 Å². The lowest BCUT2D eigenvalue weighted by atomic mass is 10.1. The lowest BCUT2D eigenvalue weighted by Crippen LogP contribution is -2.54. The number of nitrogens with one attached hydrogen (secondary N) is 1. The first-order valence-electron chi connectivity index (χ1n) is 9.15. The van der Waals surface area contributed by atoms with Crippen LogP contribution in [0.15, 0.2) is 46.4 Å². The van der Waals surface area contributed by atoms with Gasteiger partial charge in [-0.15, -0.1) is 0 Å². The number of urea groups is 1. The summed E-state index contributed by atoms with van der Waals surface area (Å²) in [5.41, 5.74) is 0.305. The third-order valence-corrected chi connectivity index (χ3v) is 5.25. The predicted molar refractivity (Wildman–Crippen MR) is 122 cm³/mol. The smallest absolute Gasteiger partial charge is 0.344 e. The van der Waals surface area contributed by atoms with Gasteiger partial charge in [-0.05, 0) is 55.0 Å². The van der Waals surface area contributed by atoms with Gasteiger partial charge in [-0.25, -0.2) is 14.5 Å². The zero-order valence-corrected chi connectivity index (χ0v) is 19.6. The summed E-state index contributed by atoms with van der Waals surface area (Å²) in [4.78, 5) is 49.8. The van der Waals surface area contributed by atoms with Crippen molar-refractivity contribution in [3.8, 4) is 5.75 Å². The summed E-state index contributed by atoms with van der Waals surface area (Å²) in [5, 5.41) is 2.24. The molecule has 11 heteroatoms. The number of imide groups is 2. The third kappa shape index (κ3) is 5.29. The number of halogens is 3. The molecule has 1 heterocycles. The van der Waals surface area contributed by atoms with Crippen LogP contribution in [0.4, 0.5) is 10.5 Å². The molecule has 0 radical (unpaired) electrons. The molecule has 166 valence electrons. The molecule has 1 fully saturated rings. The molecule has 3 rings (SSSR count). The van der Waals surface area contributed by atoms with Crippen molar-refractivity contribution >= 4 is 74.7 Å². The molecule has 0 aliphatic carbocycles. The summed E-state index contributed by atoms with van der Waals surface area (Å²) in [7, 11) is 0. The van der Waals surface area contributed by atoms with E-state index in [9.17, 15) is 19.2 Å². The molecule has 0 aromatic heterocycles. The first-order valence-corrected chi connectivity index (χ1v) is 10.7. The van der Waals surface area contributed by atoms with Crippen molar-refractivity contribution in [1.29, 1.82) is 0 Å². The fourth-order valence-electron chi connectivity index (χ4n) is 2.78. The maximum absolute atomic E-state index is 12.9. The molecule has 0 saturated carbocycles.